The van der Waals surface area contributed by atoms with Crippen LogP contribution in [-0.2, 0) is 6.54 Å². The standard InChI is InChI=1S/C17H28N2O3.2ClH/c1-4-10-22-16-7-6-15(11-17(16)21-5-2)13-19-9-8-18-12-14(3)20;;/h4,6-7,11,14,18-20H,1,5,8-10,12-13H2,2-3H3;2*1H. The molecule has 0 saturated heterocycles. The van der Waals surface area contributed by atoms with Gasteiger partial charge in [0.05, 0.1) is 12.7 Å². The van der Waals surface area contributed by atoms with E-state index in [1.807, 2.05) is 25.1 Å². The molecule has 1 aromatic carbocycles. The average Bonchev–Trinajstić information content (AvgIpc) is 2.50. The monoisotopic (exact) mass is 380 g/mol. The molecule has 7 heteroatoms. The molecule has 5 nitrogen and oxygen atoms in total. The smallest absolute Gasteiger partial charge is 0.161 e. The fourth-order valence-electron chi connectivity index (χ4n) is 1.92. The highest BCUT2D eigenvalue weighted by Crippen LogP contribution is 2.28. The van der Waals surface area contributed by atoms with Crippen LogP contribution < -0.4 is 20.1 Å². The third-order valence-electron chi connectivity index (χ3n) is 2.91. The number of aliphatic hydroxyl groups excluding tert-OH is 1. The van der Waals surface area contributed by atoms with E-state index < -0.39 is 0 Å². The molecule has 0 bridgehead atoms. The second-order valence-electron chi connectivity index (χ2n) is 5.04. The Morgan fingerprint density at radius 3 is 2.50 bits per heavy atom. The quantitative estimate of drug-likeness (QED) is 0.384. The maximum atomic E-state index is 9.14. The van der Waals surface area contributed by atoms with Crippen LogP contribution in [0.25, 0.3) is 0 Å². The molecule has 0 fully saturated rings. The molecule has 1 unspecified atom stereocenters. The molecule has 0 heterocycles. The molecule has 0 saturated carbocycles. The number of halogens is 2. The Hall–Kier alpha value is -0.980. The van der Waals surface area contributed by atoms with Crippen LogP contribution in [0.1, 0.15) is 19.4 Å². The van der Waals surface area contributed by atoms with Crippen molar-refractivity contribution in [2.75, 3.05) is 32.8 Å². The Morgan fingerprint density at radius 1 is 1.17 bits per heavy atom. The Balaban J connectivity index is 0. The summed E-state index contributed by atoms with van der Waals surface area (Å²) in [6.45, 7) is 11.5. The van der Waals surface area contributed by atoms with Crippen LogP contribution in [0.5, 0.6) is 11.5 Å². The number of hydrogen-bond acceptors (Lipinski definition) is 5. The van der Waals surface area contributed by atoms with Gasteiger partial charge in [0.2, 0.25) is 0 Å². The molecular formula is C17H30Cl2N2O3. The van der Waals surface area contributed by atoms with E-state index in [9.17, 15) is 0 Å². The largest absolute Gasteiger partial charge is 0.490 e. The lowest BCUT2D eigenvalue weighted by Gasteiger charge is -2.13. The lowest BCUT2D eigenvalue weighted by atomic mass is 10.2. The molecule has 0 aliphatic carbocycles. The zero-order chi connectivity index (χ0) is 16.2. The van der Waals surface area contributed by atoms with Gasteiger partial charge in [-0.25, -0.2) is 0 Å². The van der Waals surface area contributed by atoms with Crippen molar-refractivity contribution in [2.24, 2.45) is 0 Å². The van der Waals surface area contributed by atoms with Gasteiger partial charge in [-0.2, -0.15) is 0 Å². The number of aliphatic hydroxyl groups is 1. The highest BCUT2D eigenvalue weighted by atomic mass is 35.5. The molecule has 0 radical (unpaired) electrons. The van der Waals surface area contributed by atoms with Crippen molar-refractivity contribution in [3.8, 4) is 11.5 Å². The van der Waals surface area contributed by atoms with Gasteiger partial charge in [0.1, 0.15) is 6.61 Å². The molecule has 3 N–H and O–H groups in total. The van der Waals surface area contributed by atoms with Gasteiger partial charge in [-0.05, 0) is 31.5 Å². The third kappa shape index (κ3) is 10.7. The Labute approximate surface area is 157 Å². The van der Waals surface area contributed by atoms with Gasteiger partial charge in [0.25, 0.3) is 0 Å². The van der Waals surface area contributed by atoms with E-state index in [-0.39, 0.29) is 30.9 Å². The predicted molar refractivity (Wildman–Crippen MR) is 104 cm³/mol. The van der Waals surface area contributed by atoms with Crippen LogP contribution in [0.4, 0.5) is 0 Å². The number of benzene rings is 1. The molecule has 0 aliphatic heterocycles. The van der Waals surface area contributed by atoms with Crippen molar-refractivity contribution < 1.29 is 14.6 Å². The highest BCUT2D eigenvalue weighted by Gasteiger charge is 2.06. The summed E-state index contributed by atoms with van der Waals surface area (Å²) in [7, 11) is 0. The maximum absolute atomic E-state index is 9.14. The van der Waals surface area contributed by atoms with Crippen LogP contribution in [0.3, 0.4) is 0 Å². The van der Waals surface area contributed by atoms with Gasteiger partial charge in [-0.3, -0.25) is 0 Å². The highest BCUT2D eigenvalue weighted by molar-refractivity contribution is 5.85. The zero-order valence-electron chi connectivity index (χ0n) is 14.4. The molecule has 1 atom stereocenters. The third-order valence-corrected chi connectivity index (χ3v) is 2.91. The zero-order valence-corrected chi connectivity index (χ0v) is 16.0. The minimum atomic E-state index is -0.308. The van der Waals surface area contributed by atoms with Crippen molar-refractivity contribution >= 4 is 24.8 Å². The summed E-state index contributed by atoms with van der Waals surface area (Å²) >= 11 is 0. The van der Waals surface area contributed by atoms with Crippen molar-refractivity contribution in [2.45, 2.75) is 26.5 Å². The number of nitrogens with one attached hydrogen (secondary N) is 2. The van der Waals surface area contributed by atoms with Crippen molar-refractivity contribution in [3.63, 3.8) is 0 Å². The first-order chi connectivity index (χ1) is 10.7. The normalized spacial score (nSPS) is 11.0. The van der Waals surface area contributed by atoms with E-state index in [2.05, 4.69) is 17.2 Å². The molecule has 0 spiro atoms. The molecule has 1 rings (SSSR count). The Kier molecular flexibility index (Phi) is 16.4. The predicted octanol–water partition coefficient (Wildman–Crippen LogP) is 2.55. The van der Waals surface area contributed by atoms with Gasteiger partial charge in [-0.15, -0.1) is 24.8 Å². The number of rotatable bonds is 12. The van der Waals surface area contributed by atoms with E-state index in [0.717, 1.165) is 36.7 Å². The summed E-state index contributed by atoms with van der Waals surface area (Å²) in [5, 5.41) is 15.7. The summed E-state index contributed by atoms with van der Waals surface area (Å²) in [6, 6.07) is 5.95. The fourth-order valence-corrected chi connectivity index (χ4v) is 1.92. The summed E-state index contributed by atoms with van der Waals surface area (Å²) in [5.74, 6) is 1.50. The summed E-state index contributed by atoms with van der Waals surface area (Å²) in [4.78, 5) is 0. The molecular weight excluding hydrogens is 351 g/mol. The first-order valence-electron chi connectivity index (χ1n) is 7.76. The molecule has 0 aliphatic rings. The Bertz CT molecular complexity index is 446. The minimum Gasteiger partial charge on any atom is -0.490 e. The van der Waals surface area contributed by atoms with Gasteiger partial charge < -0.3 is 25.2 Å². The second kappa shape index (κ2) is 15.5. The average molecular weight is 381 g/mol. The van der Waals surface area contributed by atoms with Crippen LogP contribution >= 0.6 is 24.8 Å². The lowest BCUT2D eigenvalue weighted by molar-refractivity contribution is 0.191. The first-order valence-corrected chi connectivity index (χ1v) is 7.76. The summed E-state index contributed by atoms with van der Waals surface area (Å²) in [6.07, 6.45) is 1.41. The number of hydrogen-bond donors (Lipinski definition) is 3. The molecule has 0 amide bonds. The second-order valence-corrected chi connectivity index (χ2v) is 5.04. The molecule has 24 heavy (non-hydrogen) atoms. The molecule has 0 aromatic heterocycles. The van der Waals surface area contributed by atoms with Crippen LogP contribution in [-0.4, -0.2) is 44.1 Å². The van der Waals surface area contributed by atoms with E-state index in [1.165, 1.54) is 0 Å². The summed E-state index contributed by atoms with van der Waals surface area (Å²) in [5.41, 5.74) is 1.14. The minimum absolute atomic E-state index is 0. The lowest BCUT2D eigenvalue weighted by Crippen LogP contribution is -2.31. The van der Waals surface area contributed by atoms with E-state index >= 15 is 0 Å². The Morgan fingerprint density at radius 2 is 1.88 bits per heavy atom. The van der Waals surface area contributed by atoms with Crippen molar-refractivity contribution in [1.82, 2.24) is 10.6 Å². The fraction of sp³-hybridized carbons (Fsp3) is 0.529. The van der Waals surface area contributed by atoms with Crippen molar-refractivity contribution in [3.05, 3.63) is 36.4 Å². The van der Waals surface area contributed by atoms with Gasteiger partial charge in [0.15, 0.2) is 11.5 Å². The topological polar surface area (TPSA) is 62.8 Å². The number of ether oxygens (including phenoxy) is 2. The van der Waals surface area contributed by atoms with Gasteiger partial charge in [0, 0.05) is 26.2 Å². The summed E-state index contributed by atoms with van der Waals surface area (Å²) < 4.78 is 11.2. The van der Waals surface area contributed by atoms with Gasteiger partial charge >= 0.3 is 0 Å². The van der Waals surface area contributed by atoms with Gasteiger partial charge in [-0.1, -0.05) is 18.7 Å². The van der Waals surface area contributed by atoms with E-state index in [4.69, 9.17) is 14.6 Å². The van der Waals surface area contributed by atoms with Crippen LogP contribution in [0, 0.1) is 0 Å². The van der Waals surface area contributed by atoms with Crippen LogP contribution in [0.2, 0.25) is 0 Å². The molecule has 1 aromatic rings. The first kappa shape index (κ1) is 25.3. The van der Waals surface area contributed by atoms with Crippen molar-refractivity contribution in [1.29, 1.82) is 0 Å². The van der Waals surface area contributed by atoms with Crippen LogP contribution in [0.15, 0.2) is 30.9 Å². The van der Waals surface area contributed by atoms with E-state index in [0.29, 0.717) is 19.8 Å². The maximum Gasteiger partial charge on any atom is 0.161 e. The molecule has 140 valence electrons. The van der Waals surface area contributed by atoms with E-state index in [1.54, 1.807) is 13.0 Å². The SMILES string of the molecule is C=CCOc1ccc(CNCCNCC(C)O)cc1OCC.Cl.Cl.